The van der Waals surface area contributed by atoms with Crippen molar-refractivity contribution >= 4 is 124 Å². The van der Waals surface area contributed by atoms with Gasteiger partial charge in [-0.05, 0) is 94.2 Å². The van der Waals surface area contributed by atoms with Crippen molar-refractivity contribution in [1.29, 1.82) is 0 Å². The number of aromatic nitrogens is 3. The van der Waals surface area contributed by atoms with E-state index in [1.807, 2.05) is 18.2 Å². The smallest absolute Gasteiger partial charge is 0.303 e. The van der Waals surface area contributed by atoms with Gasteiger partial charge in [-0.3, -0.25) is 71.9 Å². The Morgan fingerprint density at radius 1 is 0.667 bits per heavy atom. The molecule has 2 aromatic heterocycles. The number of amides is 14. The number of benzene rings is 2. The molecule has 0 radical (unpaired) electrons. The number of hydrogen-bond acceptors (Lipinski definition) is 22. The van der Waals surface area contributed by atoms with Crippen LogP contribution in [0, 0.1) is 5.92 Å². The van der Waals surface area contributed by atoms with Crippen LogP contribution in [0.2, 0.25) is 0 Å². The molecule has 604 valence electrons. The highest BCUT2D eigenvalue weighted by atomic mass is 32.2. The van der Waals surface area contributed by atoms with Crippen LogP contribution in [0.4, 0.5) is 0 Å². The molecule has 111 heavy (non-hydrogen) atoms. The van der Waals surface area contributed by atoms with Crippen molar-refractivity contribution in [3.63, 3.8) is 0 Å². The molecule has 14 amide bonds. The molecule has 2 aromatic carbocycles. The van der Waals surface area contributed by atoms with Gasteiger partial charge in [0, 0.05) is 113 Å². The Bertz CT molecular complexity index is 3880. The van der Waals surface area contributed by atoms with Crippen LogP contribution in [0.5, 0.6) is 5.75 Å². The number of likely N-dealkylation sites (tertiary alicyclic amines) is 2. The quantitative estimate of drug-likeness (QED) is 0.0146. The van der Waals surface area contributed by atoms with Crippen LogP contribution >= 0.6 is 11.8 Å². The largest absolute Gasteiger partial charge is 0.508 e. The van der Waals surface area contributed by atoms with Crippen LogP contribution < -0.4 is 58.9 Å². The third kappa shape index (κ3) is 27.9. The molecule has 0 bridgehead atoms. The first-order chi connectivity index (χ1) is 53.2. The number of carbonyl (C=O) groups is 17. The molecular weight excluding hydrogens is 1470 g/mol. The van der Waals surface area contributed by atoms with Gasteiger partial charge in [0.15, 0.2) is 0 Å². The number of carbonyl (C=O) groups excluding carboxylic acids is 16. The number of unbranched alkanes of at least 4 members (excludes halogenated alkanes) is 1. The van der Waals surface area contributed by atoms with Gasteiger partial charge in [-0.1, -0.05) is 36.8 Å². The second-order valence-corrected chi connectivity index (χ2v) is 28.0. The van der Waals surface area contributed by atoms with E-state index in [1.165, 1.54) is 50.7 Å². The number of carboxylic acids is 1. The van der Waals surface area contributed by atoms with Crippen LogP contribution in [0.25, 0.3) is 10.9 Å². The number of imidazole rings is 1. The number of aromatic hydroxyl groups is 1. The number of phenols is 1. The van der Waals surface area contributed by atoms with Crippen molar-refractivity contribution in [1.82, 2.24) is 87.7 Å². The van der Waals surface area contributed by atoms with Crippen molar-refractivity contribution in [2.45, 2.75) is 151 Å². The van der Waals surface area contributed by atoms with E-state index in [0.717, 1.165) is 37.4 Å². The van der Waals surface area contributed by atoms with Crippen molar-refractivity contribution < 1.29 is 96.8 Å². The third-order valence-corrected chi connectivity index (χ3v) is 19.8. The standard InChI is InChI=1S/C72H100N18O20S/c1-74-56(39-93)67(105)86-55(33-44-35-79-49-12-5-4-10-47(44)49)70(108)88(3)38-62(99)87(2)37-60(97)81-50(20-22-63(100)101)65(103)78-26-31-111-40-61(98)82-53(32-43-15-17-46(95)18-16-43)48(11-6-7-24-75-42-94)64(102)83-52(23-29-91)72(110)90-28-9-14-58(90)69(107)85-54(34-45-36-76-41-80-45)66(104)84-51(19-21-59(73)96)71(109)89-27-8-13-57(89)68(106)77-25-30-92/h4-5,10,12,15-18,29-30,35-36,41-42,48,50-58,74,79,93,95H,6-9,11,13-14,19-28,31-34,37-40H2,1-3H3,(H2,73,96)(H,75,94)(H,76,80)(H,77,106)(H,78,103)(H,81,97)(H,82,98)(H,83,102)(H,84,104)(H,85,107)(H,86,105)(H,100,101)/t48?,50?,51?,52-,53?,54-,55?,56?,57?,58?/m0/s1. The Balaban J connectivity index is 1.10. The number of H-pyrrole nitrogens is 2. The van der Waals surface area contributed by atoms with Crippen LogP contribution in [0.15, 0.2) is 67.3 Å². The molecule has 0 aliphatic carbocycles. The zero-order valence-corrected chi connectivity index (χ0v) is 62.9. The van der Waals surface area contributed by atoms with Crippen LogP contribution in [0.3, 0.4) is 0 Å². The number of aliphatic carboxylic acids is 1. The van der Waals surface area contributed by atoms with Gasteiger partial charge in [0.2, 0.25) is 83.2 Å². The number of rotatable bonds is 49. The van der Waals surface area contributed by atoms with Gasteiger partial charge in [-0.25, -0.2) is 4.98 Å². The molecule has 2 fully saturated rings. The Morgan fingerprint density at radius 2 is 1.33 bits per heavy atom. The first-order valence-corrected chi connectivity index (χ1v) is 37.5. The Hall–Kier alpha value is -11.3. The summed E-state index contributed by atoms with van der Waals surface area (Å²) in [6.45, 7) is -1.94. The third-order valence-electron chi connectivity index (χ3n) is 18.8. The van der Waals surface area contributed by atoms with E-state index in [9.17, 15) is 96.8 Å². The lowest BCUT2D eigenvalue weighted by Crippen LogP contribution is -2.59. The molecule has 39 heteroatoms. The number of hydrogen-bond donors (Lipinski definition) is 16. The molecule has 0 saturated carbocycles. The van der Waals surface area contributed by atoms with E-state index in [4.69, 9.17) is 5.73 Å². The molecule has 4 heterocycles. The summed E-state index contributed by atoms with van der Waals surface area (Å²) in [5.41, 5.74) is 7.82. The Labute approximate surface area is 643 Å². The minimum Gasteiger partial charge on any atom is -0.508 e. The van der Waals surface area contributed by atoms with Crippen LogP contribution in [-0.2, 0) is 101 Å². The second kappa shape index (κ2) is 45.6. The normalized spacial score (nSPS) is 16.0. The predicted octanol–water partition coefficient (Wildman–Crippen LogP) is -4.57. The zero-order chi connectivity index (χ0) is 81.1. The summed E-state index contributed by atoms with van der Waals surface area (Å²) >= 11 is 1.04. The average Bonchev–Trinajstić information content (AvgIpc) is 1.69. The maximum Gasteiger partial charge on any atom is 0.303 e. The molecule has 2 saturated heterocycles. The highest BCUT2D eigenvalue weighted by Gasteiger charge is 2.43. The fourth-order valence-corrected chi connectivity index (χ4v) is 13.6. The molecule has 17 N–H and O–H groups in total. The molecule has 6 rings (SSSR count). The van der Waals surface area contributed by atoms with Gasteiger partial charge in [0.05, 0.1) is 44.2 Å². The molecule has 2 aliphatic rings. The van der Waals surface area contributed by atoms with E-state index >= 15 is 0 Å². The minimum atomic E-state index is -1.59. The van der Waals surface area contributed by atoms with Gasteiger partial charge in [-0.2, -0.15) is 11.8 Å². The summed E-state index contributed by atoms with van der Waals surface area (Å²) in [5, 5.41) is 56.6. The molecule has 10 atom stereocenters. The molecule has 0 spiro atoms. The number of nitrogens with two attached hydrogens (primary N) is 1. The number of fused-ring (bicyclic) bond motifs is 1. The molecule has 2 aliphatic heterocycles. The minimum absolute atomic E-state index is 0.000943. The van der Waals surface area contributed by atoms with E-state index in [1.54, 1.807) is 24.4 Å². The first-order valence-electron chi connectivity index (χ1n) is 36.4. The molecular formula is C72H100N18O20S. The van der Waals surface area contributed by atoms with Crippen molar-refractivity contribution in [2.24, 2.45) is 11.7 Å². The fraction of sp³-hybridized carbons (Fsp3) is 0.528. The molecule has 8 unspecified atom stereocenters. The number of phenolic OH excluding ortho intramolecular Hbond substituents is 1. The number of likely N-dealkylation sites (N-methyl/N-ethyl adjacent to an activating group) is 3. The lowest BCUT2D eigenvalue weighted by Gasteiger charge is -2.32. The van der Waals surface area contributed by atoms with E-state index in [-0.39, 0.29) is 121 Å². The number of aromatic amines is 2. The topological polar surface area (TPSA) is 555 Å². The second-order valence-electron chi connectivity index (χ2n) is 26.9. The Kier molecular flexibility index (Phi) is 36.4. The monoisotopic (exact) mass is 1570 g/mol. The van der Waals surface area contributed by atoms with Crippen molar-refractivity contribution in [3.8, 4) is 5.75 Å². The summed E-state index contributed by atoms with van der Waals surface area (Å²) in [5.74, 6) is -12.6. The predicted molar refractivity (Wildman–Crippen MR) is 399 cm³/mol. The number of carboxylic acid groups (broad SMARTS) is 1. The van der Waals surface area contributed by atoms with E-state index in [2.05, 4.69) is 68.1 Å². The molecule has 4 aromatic rings. The van der Waals surface area contributed by atoms with Crippen molar-refractivity contribution in [2.75, 3.05) is 85.1 Å². The Morgan fingerprint density at radius 3 is 1.98 bits per heavy atom. The molecule has 38 nitrogen and oxygen atoms in total. The number of aliphatic hydroxyl groups excluding tert-OH is 1. The number of primary amides is 1. The zero-order valence-electron chi connectivity index (χ0n) is 62.0. The number of thioether (sulfide) groups is 1. The number of aldehydes is 2. The van der Waals surface area contributed by atoms with E-state index < -0.39 is 176 Å². The van der Waals surface area contributed by atoms with Crippen molar-refractivity contribution in [3.05, 3.63) is 84.1 Å². The summed E-state index contributed by atoms with van der Waals surface area (Å²) in [6.07, 6.45) is 4.91. The first kappa shape index (κ1) is 88.6. The highest BCUT2D eigenvalue weighted by molar-refractivity contribution is 7.99. The SMILES string of the molecule is CNC(CO)C(=O)NC(Cc1c[nH]c2ccccc12)C(=O)N(C)CC(=O)N(C)CC(=O)NC(CCC(=O)O)C(=O)NCCSCC(=O)NC(Cc1ccc(O)cc1)C(CCCCNC=O)C(=O)N[C@@H](CC=O)C(=O)N1CCCC1C(=O)N[C@@H](Cc1cnc[nH]1)C(=O)NC(CCC(N)=O)C(=O)N1CCCC1C(=O)NCC=O. The van der Waals surface area contributed by atoms with Crippen LogP contribution in [-0.4, -0.2) is 291 Å². The lowest BCUT2D eigenvalue weighted by atomic mass is 9.87. The van der Waals surface area contributed by atoms with Gasteiger partial charge in [-0.15, -0.1) is 0 Å². The summed E-state index contributed by atoms with van der Waals surface area (Å²) in [4.78, 5) is 240. The van der Waals surface area contributed by atoms with Gasteiger partial charge in [0.1, 0.15) is 66.7 Å². The van der Waals surface area contributed by atoms with Gasteiger partial charge < -0.3 is 113 Å². The lowest BCUT2D eigenvalue weighted by molar-refractivity contribution is -0.143. The fourth-order valence-electron chi connectivity index (χ4n) is 12.9. The summed E-state index contributed by atoms with van der Waals surface area (Å²) in [7, 11) is 4.05. The highest BCUT2D eigenvalue weighted by Crippen LogP contribution is 2.26. The number of nitrogens with zero attached hydrogens (tertiary/aromatic N) is 5. The number of nitrogens with one attached hydrogen (secondary N) is 12. The maximum atomic E-state index is 14.9. The maximum absolute atomic E-state index is 14.9. The van der Waals surface area contributed by atoms with E-state index in [0.29, 0.717) is 48.6 Å². The van der Waals surface area contributed by atoms with Crippen LogP contribution in [0.1, 0.15) is 93.9 Å². The number of para-hydroxylation sites is 1. The summed E-state index contributed by atoms with van der Waals surface area (Å²) in [6, 6.07) is 1.66. The summed E-state index contributed by atoms with van der Waals surface area (Å²) < 4.78 is 0. The van der Waals surface area contributed by atoms with Gasteiger partial charge >= 0.3 is 5.97 Å². The number of aliphatic hydroxyl groups is 1. The average molecular weight is 1570 g/mol. The van der Waals surface area contributed by atoms with Gasteiger partial charge in [0.25, 0.3) is 0 Å².